The molecular weight excluding hydrogens is 352 g/mol. The van der Waals surface area contributed by atoms with Gasteiger partial charge in [0.05, 0.1) is 4.90 Å². The molecule has 3 rings (SSSR count). The summed E-state index contributed by atoms with van der Waals surface area (Å²) >= 11 is 0. The van der Waals surface area contributed by atoms with Crippen LogP contribution in [0.25, 0.3) is 6.08 Å². The van der Waals surface area contributed by atoms with E-state index < -0.39 is 15.7 Å². The molecule has 134 valence electrons. The predicted molar refractivity (Wildman–Crippen MR) is 98.0 cm³/mol. The van der Waals surface area contributed by atoms with E-state index in [4.69, 9.17) is 0 Å². The molecule has 1 aliphatic heterocycles. The van der Waals surface area contributed by atoms with Crippen LogP contribution in [0.15, 0.2) is 64.4 Å². The molecule has 2 aromatic carbocycles. The van der Waals surface area contributed by atoms with Crippen LogP contribution in [0.4, 0.5) is 0 Å². The molecule has 26 heavy (non-hydrogen) atoms. The third-order valence-electron chi connectivity index (χ3n) is 3.97. The summed E-state index contributed by atoms with van der Waals surface area (Å²) in [7, 11) is -3.76. The molecule has 0 spiro atoms. The second-order valence-electron chi connectivity index (χ2n) is 5.78. The second kappa shape index (κ2) is 7.53. The molecule has 1 heterocycles. The lowest BCUT2D eigenvalue weighted by Gasteiger charge is -2.07. The molecule has 0 saturated heterocycles. The molecule has 7 heteroatoms. The number of carbonyl (C=O) groups is 2. The van der Waals surface area contributed by atoms with E-state index in [2.05, 4.69) is 10.6 Å². The van der Waals surface area contributed by atoms with E-state index in [9.17, 15) is 18.0 Å². The van der Waals surface area contributed by atoms with Crippen LogP contribution in [-0.4, -0.2) is 33.3 Å². The number of amides is 2. The van der Waals surface area contributed by atoms with Gasteiger partial charge in [0, 0.05) is 18.7 Å². The Balaban J connectivity index is 1.48. The molecular formula is C19H18N2O4S. The number of rotatable bonds is 6. The highest BCUT2D eigenvalue weighted by Crippen LogP contribution is 2.32. The van der Waals surface area contributed by atoms with Crippen molar-refractivity contribution in [2.24, 2.45) is 0 Å². The van der Waals surface area contributed by atoms with Gasteiger partial charge in [-0.3, -0.25) is 9.59 Å². The van der Waals surface area contributed by atoms with E-state index in [-0.39, 0.29) is 22.3 Å². The summed E-state index contributed by atoms with van der Waals surface area (Å²) in [5.74, 6) is -0.816. The van der Waals surface area contributed by atoms with Gasteiger partial charge in [-0.15, -0.1) is 0 Å². The van der Waals surface area contributed by atoms with Crippen LogP contribution in [-0.2, 0) is 14.6 Å². The summed E-state index contributed by atoms with van der Waals surface area (Å²) in [4.78, 5) is 24.0. The standard InChI is InChI=1S/C19H18N2O4S/c22-18(14-7-2-1-3-8-14)20-11-6-12-21-19(23)17-13-15-9-4-5-10-16(15)26(17,24)25/h1-5,7-10,13H,6,11-12H2,(H,20,22)(H,21,23). The minimum Gasteiger partial charge on any atom is -0.352 e. The Morgan fingerprint density at radius 1 is 0.808 bits per heavy atom. The van der Waals surface area contributed by atoms with Gasteiger partial charge >= 0.3 is 0 Å². The van der Waals surface area contributed by atoms with Gasteiger partial charge in [-0.2, -0.15) is 0 Å². The lowest BCUT2D eigenvalue weighted by molar-refractivity contribution is -0.116. The molecule has 2 aromatic rings. The molecule has 0 radical (unpaired) electrons. The minimum absolute atomic E-state index is 0.153. The fourth-order valence-corrected chi connectivity index (χ4v) is 4.17. The van der Waals surface area contributed by atoms with Crippen molar-refractivity contribution >= 4 is 27.7 Å². The number of fused-ring (bicyclic) bond motifs is 1. The Morgan fingerprint density at radius 2 is 1.42 bits per heavy atom. The van der Waals surface area contributed by atoms with Crippen LogP contribution in [0.5, 0.6) is 0 Å². The molecule has 0 unspecified atom stereocenters. The van der Waals surface area contributed by atoms with Gasteiger partial charge in [-0.1, -0.05) is 36.4 Å². The zero-order valence-electron chi connectivity index (χ0n) is 13.9. The fourth-order valence-electron chi connectivity index (χ4n) is 2.64. The largest absolute Gasteiger partial charge is 0.352 e. The number of sulfone groups is 1. The van der Waals surface area contributed by atoms with Gasteiger partial charge in [0.25, 0.3) is 11.8 Å². The first-order valence-electron chi connectivity index (χ1n) is 8.17. The monoisotopic (exact) mass is 370 g/mol. The van der Waals surface area contributed by atoms with Crippen molar-refractivity contribution in [2.75, 3.05) is 13.1 Å². The Kier molecular flexibility index (Phi) is 5.18. The van der Waals surface area contributed by atoms with E-state index in [1.807, 2.05) is 6.07 Å². The smallest absolute Gasteiger partial charge is 0.263 e. The van der Waals surface area contributed by atoms with Crippen LogP contribution in [0, 0.1) is 0 Å². The van der Waals surface area contributed by atoms with Gasteiger partial charge < -0.3 is 10.6 Å². The molecule has 0 saturated carbocycles. The first-order valence-corrected chi connectivity index (χ1v) is 9.66. The average Bonchev–Trinajstić information content (AvgIpc) is 2.93. The van der Waals surface area contributed by atoms with Crippen molar-refractivity contribution in [3.8, 4) is 0 Å². The first kappa shape index (κ1) is 17.9. The quantitative estimate of drug-likeness (QED) is 0.758. The molecule has 0 aromatic heterocycles. The third kappa shape index (κ3) is 3.67. The molecule has 0 atom stereocenters. The van der Waals surface area contributed by atoms with Gasteiger partial charge in [-0.05, 0) is 36.3 Å². The van der Waals surface area contributed by atoms with E-state index in [0.717, 1.165) is 0 Å². The number of hydrogen-bond acceptors (Lipinski definition) is 4. The lowest BCUT2D eigenvalue weighted by atomic mass is 10.2. The number of nitrogens with one attached hydrogen (secondary N) is 2. The predicted octanol–water partition coefficient (Wildman–Crippen LogP) is 1.75. The average molecular weight is 370 g/mol. The normalized spacial score (nSPS) is 14.2. The van der Waals surface area contributed by atoms with Gasteiger partial charge in [0.2, 0.25) is 9.84 Å². The molecule has 2 N–H and O–H groups in total. The van der Waals surface area contributed by atoms with E-state index in [1.54, 1.807) is 42.5 Å². The molecule has 6 nitrogen and oxygen atoms in total. The van der Waals surface area contributed by atoms with Crippen molar-refractivity contribution in [2.45, 2.75) is 11.3 Å². The number of benzene rings is 2. The van der Waals surface area contributed by atoms with Crippen molar-refractivity contribution in [3.63, 3.8) is 0 Å². The Bertz CT molecular complexity index is 966. The molecule has 0 aliphatic carbocycles. The number of carbonyl (C=O) groups excluding carboxylic acids is 2. The summed E-state index contributed by atoms with van der Waals surface area (Å²) < 4.78 is 24.7. The van der Waals surface area contributed by atoms with Crippen LogP contribution >= 0.6 is 0 Å². The minimum atomic E-state index is -3.76. The molecule has 2 amide bonds. The first-order chi connectivity index (χ1) is 12.5. The van der Waals surface area contributed by atoms with Gasteiger partial charge in [-0.25, -0.2) is 8.42 Å². The topological polar surface area (TPSA) is 92.3 Å². The van der Waals surface area contributed by atoms with Crippen LogP contribution in [0.2, 0.25) is 0 Å². The molecule has 1 aliphatic rings. The van der Waals surface area contributed by atoms with Crippen molar-refractivity contribution < 1.29 is 18.0 Å². The van der Waals surface area contributed by atoms with E-state index >= 15 is 0 Å². The zero-order valence-corrected chi connectivity index (χ0v) is 14.8. The van der Waals surface area contributed by atoms with Crippen LogP contribution in [0.3, 0.4) is 0 Å². The SMILES string of the molecule is O=C(NCCCNC(=O)c1ccccc1)C1=Cc2ccccc2S1(=O)=O. The maximum absolute atomic E-state index is 12.4. The Hall–Kier alpha value is -2.93. The van der Waals surface area contributed by atoms with Gasteiger partial charge in [0.1, 0.15) is 4.91 Å². The summed E-state index contributed by atoms with van der Waals surface area (Å²) in [6.45, 7) is 0.636. The molecule has 0 fully saturated rings. The maximum atomic E-state index is 12.4. The highest BCUT2D eigenvalue weighted by Gasteiger charge is 2.33. The van der Waals surface area contributed by atoms with Gasteiger partial charge in [0.15, 0.2) is 0 Å². The van der Waals surface area contributed by atoms with E-state index in [0.29, 0.717) is 24.1 Å². The highest BCUT2D eigenvalue weighted by molar-refractivity contribution is 7.96. The van der Waals surface area contributed by atoms with Crippen molar-refractivity contribution in [1.82, 2.24) is 10.6 Å². The van der Waals surface area contributed by atoms with Crippen molar-refractivity contribution in [3.05, 3.63) is 70.6 Å². The van der Waals surface area contributed by atoms with E-state index in [1.165, 1.54) is 12.1 Å². The second-order valence-corrected chi connectivity index (χ2v) is 7.67. The summed E-state index contributed by atoms with van der Waals surface area (Å²) in [5.41, 5.74) is 1.09. The number of hydrogen-bond donors (Lipinski definition) is 2. The summed E-state index contributed by atoms with van der Waals surface area (Å²) in [6, 6.07) is 15.3. The third-order valence-corrected chi connectivity index (χ3v) is 5.80. The van der Waals surface area contributed by atoms with Crippen LogP contribution in [0.1, 0.15) is 22.3 Å². The Morgan fingerprint density at radius 3 is 2.12 bits per heavy atom. The zero-order chi connectivity index (χ0) is 18.6. The highest BCUT2D eigenvalue weighted by atomic mass is 32.2. The molecule has 0 bridgehead atoms. The summed E-state index contributed by atoms with van der Waals surface area (Å²) in [6.07, 6.45) is 1.88. The maximum Gasteiger partial charge on any atom is 0.263 e. The van der Waals surface area contributed by atoms with Crippen LogP contribution < -0.4 is 10.6 Å². The lowest BCUT2D eigenvalue weighted by Crippen LogP contribution is -2.31. The van der Waals surface area contributed by atoms with Crippen molar-refractivity contribution in [1.29, 1.82) is 0 Å². The Labute approximate surface area is 151 Å². The fraction of sp³-hybridized carbons (Fsp3) is 0.158. The summed E-state index contributed by atoms with van der Waals surface area (Å²) in [5, 5.41) is 5.34.